The molecule has 3 aromatic carbocycles. The van der Waals surface area contributed by atoms with Gasteiger partial charge in [-0.3, -0.25) is 4.79 Å². The standard InChI is InChI=1S/C28H27FN2O3/c1-3-34-28-20(7-6-10-25(28)33-2)27-26-23(30-21-8-4-5-9-22(21)31-27)15-18(16-24(26)32)17-11-13-19(29)14-12-17/h4-14,18,27,30-31H,3,15-16H2,1-2H3. The Hall–Kier alpha value is -3.80. The van der Waals surface area contributed by atoms with Crippen LogP contribution in [0.5, 0.6) is 11.5 Å². The lowest BCUT2D eigenvalue weighted by Gasteiger charge is -2.30. The van der Waals surface area contributed by atoms with Crippen molar-refractivity contribution in [2.45, 2.75) is 31.7 Å². The summed E-state index contributed by atoms with van der Waals surface area (Å²) in [6.45, 7) is 2.40. The zero-order valence-corrected chi connectivity index (χ0v) is 19.2. The maximum absolute atomic E-state index is 13.7. The molecule has 0 spiro atoms. The molecule has 1 aliphatic heterocycles. The average molecular weight is 459 g/mol. The summed E-state index contributed by atoms with van der Waals surface area (Å²) in [5.41, 5.74) is 5.19. The van der Waals surface area contributed by atoms with Gasteiger partial charge in [-0.25, -0.2) is 4.39 Å². The Balaban J connectivity index is 1.64. The molecule has 0 aromatic heterocycles. The van der Waals surface area contributed by atoms with Crippen LogP contribution < -0.4 is 20.1 Å². The molecule has 2 N–H and O–H groups in total. The van der Waals surface area contributed by atoms with Gasteiger partial charge in [0, 0.05) is 23.3 Å². The lowest BCUT2D eigenvalue weighted by Crippen LogP contribution is -2.27. The fourth-order valence-electron chi connectivity index (χ4n) is 4.92. The first-order valence-corrected chi connectivity index (χ1v) is 11.5. The third-order valence-electron chi connectivity index (χ3n) is 6.48. The molecular weight excluding hydrogens is 431 g/mol. The van der Waals surface area contributed by atoms with E-state index < -0.39 is 6.04 Å². The summed E-state index contributed by atoms with van der Waals surface area (Å²) in [4.78, 5) is 13.7. The van der Waals surface area contributed by atoms with Crippen molar-refractivity contribution in [3.63, 3.8) is 0 Å². The Labute approximate surface area is 198 Å². The summed E-state index contributed by atoms with van der Waals surface area (Å²) in [7, 11) is 1.61. The molecule has 0 saturated carbocycles. The maximum Gasteiger partial charge on any atom is 0.166 e. The monoisotopic (exact) mass is 458 g/mol. The van der Waals surface area contributed by atoms with Gasteiger partial charge in [-0.15, -0.1) is 0 Å². The molecule has 6 heteroatoms. The Morgan fingerprint density at radius 2 is 1.74 bits per heavy atom. The molecule has 0 bridgehead atoms. The van der Waals surface area contributed by atoms with E-state index in [9.17, 15) is 9.18 Å². The predicted octanol–water partition coefficient (Wildman–Crippen LogP) is 6.21. The van der Waals surface area contributed by atoms with Crippen molar-refractivity contribution in [2.75, 3.05) is 24.4 Å². The first-order valence-electron chi connectivity index (χ1n) is 11.5. The molecule has 2 aliphatic rings. The molecule has 0 fully saturated rings. The lowest BCUT2D eigenvalue weighted by atomic mass is 9.78. The van der Waals surface area contributed by atoms with E-state index in [0.29, 0.717) is 36.5 Å². The molecule has 5 nitrogen and oxygen atoms in total. The number of rotatable bonds is 5. The first-order chi connectivity index (χ1) is 16.6. The van der Waals surface area contributed by atoms with Crippen LogP contribution in [0.15, 0.2) is 78.0 Å². The number of nitrogens with one attached hydrogen (secondary N) is 2. The van der Waals surface area contributed by atoms with Crippen molar-refractivity contribution in [1.29, 1.82) is 0 Å². The van der Waals surface area contributed by atoms with Gasteiger partial charge in [-0.05, 0) is 55.2 Å². The van der Waals surface area contributed by atoms with Crippen molar-refractivity contribution >= 4 is 17.2 Å². The molecule has 2 unspecified atom stereocenters. The fourth-order valence-corrected chi connectivity index (χ4v) is 4.92. The van der Waals surface area contributed by atoms with Gasteiger partial charge in [0.2, 0.25) is 0 Å². The second kappa shape index (κ2) is 9.21. The zero-order chi connectivity index (χ0) is 23.7. The molecule has 174 valence electrons. The molecule has 3 aromatic rings. The Morgan fingerprint density at radius 1 is 0.971 bits per heavy atom. The van der Waals surface area contributed by atoms with Gasteiger partial charge in [0.25, 0.3) is 0 Å². The van der Waals surface area contributed by atoms with E-state index in [1.54, 1.807) is 19.2 Å². The van der Waals surface area contributed by atoms with Gasteiger partial charge in [0.05, 0.1) is 31.1 Å². The van der Waals surface area contributed by atoms with E-state index in [1.165, 1.54) is 12.1 Å². The van der Waals surface area contributed by atoms with E-state index in [0.717, 1.165) is 28.2 Å². The van der Waals surface area contributed by atoms with Crippen LogP contribution in [0.3, 0.4) is 0 Å². The Morgan fingerprint density at radius 3 is 2.47 bits per heavy atom. The van der Waals surface area contributed by atoms with Crippen LogP contribution in [0.25, 0.3) is 0 Å². The van der Waals surface area contributed by atoms with Gasteiger partial charge in [0.1, 0.15) is 5.82 Å². The zero-order valence-electron chi connectivity index (χ0n) is 19.2. The number of carbonyl (C=O) groups excluding carboxylic acids is 1. The van der Waals surface area contributed by atoms with Gasteiger partial charge >= 0.3 is 0 Å². The quantitative estimate of drug-likeness (QED) is 0.476. The minimum absolute atomic E-state index is 0.0260. The number of allylic oxidation sites excluding steroid dienone is 1. The second-order valence-corrected chi connectivity index (χ2v) is 8.53. The normalized spacial score (nSPS) is 19.3. The minimum Gasteiger partial charge on any atom is -0.493 e. The highest BCUT2D eigenvalue weighted by atomic mass is 19.1. The van der Waals surface area contributed by atoms with Crippen LogP contribution in [0.4, 0.5) is 15.8 Å². The number of anilines is 2. The van der Waals surface area contributed by atoms with Crippen LogP contribution in [0.2, 0.25) is 0 Å². The number of benzene rings is 3. The smallest absolute Gasteiger partial charge is 0.166 e. The van der Waals surface area contributed by atoms with Gasteiger partial charge in [-0.1, -0.05) is 36.4 Å². The van der Waals surface area contributed by atoms with Gasteiger partial charge in [-0.2, -0.15) is 0 Å². The molecule has 34 heavy (non-hydrogen) atoms. The van der Waals surface area contributed by atoms with Gasteiger partial charge < -0.3 is 20.1 Å². The number of hydrogen-bond donors (Lipinski definition) is 2. The van der Waals surface area contributed by atoms with Crippen LogP contribution >= 0.6 is 0 Å². The lowest BCUT2D eigenvalue weighted by molar-refractivity contribution is -0.116. The first kappa shape index (κ1) is 22.0. The van der Waals surface area contributed by atoms with E-state index in [1.807, 2.05) is 49.4 Å². The van der Waals surface area contributed by atoms with Crippen LogP contribution in [-0.4, -0.2) is 19.5 Å². The third kappa shape index (κ3) is 4.00. The number of ketones is 1. The fraction of sp³-hybridized carbons (Fsp3) is 0.250. The number of carbonyl (C=O) groups is 1. The van der Waals surface area contributed by atoms with E-state index >= 15 is 0 Å². The minimum atomic E-state index is -0.413. The molecule has 0 radical (unpaired) electrons. The van der Waals surface area contributed by atoms with Crippen molar-refractivity contribution in [1.82, 2.24) is 0 Å². The van der Waals surface area contributed by atoms with E-state index in [4.69, 9.17) is 9.47 Å². The Bertz CT molecular complexity index is 1250. The number of fused-ring (bicyclic) bond motifs is 1. The number of halogens is 1. The van der Waals surface area contributed by atoms with Crippen molar-refractivity contribution in [3.05, 3.63) is 94.9 Å². The largest absolute Gasteiger partial charge is 0.493 e. The SMILES string of the molecule is CCOc1c(OC)cccc1C1Nc2ccccc2NC2=C1C(=O)CC(c1ccc(F)cc1)C2. The highest BCUT2D eigenvalue weighted by Crippen LogP contribution is 2.47. The Kier molecular flexibility index (Phi) is 5.97. The third-order valence-corrected chi connectivity index (χ3v) is 6.48. The van der Waals surface area contributed by atoms with Crippen molar-refractivity contribution < 1.29 is 18.7 Å². The number of Topliss-reactive ketones (excluding diaryl/α,β-unsaturated/α-hetero) is 1. The van der Waals surface area contributed by atoms with Gasteiger partial charge in [0.15, 0.2) is 17.3 Å². The van der Waals surface area contributed by atoms with Crippen LogP contribution in [-0.2, 0) is 4.79 Å². The number of hydrogen-bond acceptors (Lipinski definition) is 5. The second-order valence-electron chi connectivity index (χ2n) is 8.53. The molecule has 0 amide bonds. The highest BCUT2D eigenvalue weighted by Gasteiger charge is 2.37. The molecule has 0 saturated heterocycles. The summed E-state index contributed by atoms with van der Waals surface area (Å²) >= 11 is 0. The van der Waals surface area contributed by atoms with E-state index in [2.05, 4.69) is 10.6 Å². The van der Waals surface area contributed by atoms with E-state index in [-0.39, 0.29) is 17.5 Å². The predicted molar refractivity (Wildman–Crippen MR) is 131 cm³/mol. The maximum atomic E-state index is 13.7. The average Bonchev–Trinajstić information content (AvgIpc) is 3.01. The highest BCUT2D eigenvalue weighted by molar-refractivity contribution is 6.01. The molecular formula is C28H27FN2O3. The number of methoxy groups -OCH3 is 1. The number of ether oxygens (including phenoxy) is 2. The molecule has 1 heterocycles. The summed E-state index contributed by atoms with van der Waals surface area (Å²) in [6.07, 6.45) is 1.00. The summed E-state index contributed by atoms with van der Waals surface area (Å²) in [5, 5.41) is 7.12. The number of para-hydroxylation sites is 3. The topological polar surface area (TPSA) is 59.6 Å². The molecule has 1 aliphatic carbocycles. The summed E-state index contributed by atoms with van der Waals surface area (Å²) in [6, 6.07) is 19.7. The van der Waals surface area contributed by atoms with Crippen molar-refractivity contribution in [3.8, 4) is 11.5 Å². The molecule has 5 rings (SSSR count). The van der Waals surface area contributed by atoms with Crippen molar-refractivity contribution in [2.24, 2.45) is 0 Å². The summed E-state index contributed by atoms with van der Waals surface area (Å²) in [5.74, 6) is 1.00. The summed E-state index contributed by atoms with van der Waals surface area (Å²) < 4.78 is 25.1. The molecule has 2 atom stereocenters. The van der Waals surface area contributed by atoms with Crippen LogP contribution in [0, 0.1) is 5.82 Å². The van der Waals surface area contributed by atoms with Crippen LogP contribution in [0.1, 0.15) is 42.9 Å².